The highest BCUT2D eigenvalue weighted by molar-refractivity contribution is 5.99. The van der Waals surface area contributed by atoms with Gasteiger partial charge >= 0.3 is 12.3 Å². The standard InChI is InChI=1S/C21H21F5N4O3/c1-2-21(25,26)20(32)27-14-5-3-4-6-15(14)30-9-12-11(19(30)31)7-10(8-13(12)22)17-28-29-18(33-17)16(23)24/h7-8,14-16H,2-6,9H2,1H3,(H,27,32)/t14-,15-/m1/s1. The maximum Gasteiger partial charge on any atom is 0.324 e. The molecule has 1 aliphatic heterocycles. The molecule has 2 atom stereocenters. The quantitative estimate of drug-likeness (QED) is 0.636. The second-order valence-corrected chi connectivity index (χ2v) is 8.15. The number of fused-ring (bicyclic) bond motifs is 1. The van der Waals surface area contributed by atoms with Crippen LogP contribution < -0.4 is 5.32 Å². The molecule has 2 aromatic rings. The molecule has 1 aliphatic carbocycles. The van der Waals surface area contributed by atoms with Crippen molar-refractivity contribution in [3.63, 3.8) is 0 Å². The van der Waals surface area contributed by atoms with Crippen molar-refractivity contribution in [1.29, 1.82) is 0 Å². The Balaban J connectivity index is 1.59. The molecule has 1 N–H and O–H groups in total. The van der Waals surface area contributed by atoms with E-state index in [1.807, 2.05) is 0 Å². The highest BCUT2D eigenvalue weighted by atomic mass is 19.3. The van der Waals surface area contributed by atoms with Crippen molar-refractivity contribution in [2.75, 3.05) is 0 Å². The van der Waals surface area contributed by atoms with Crippen LogP contribution in [0.3, 0.4) is 0 Å². The Morgan fingerprint density at radius 2 is 2.00 bits per heavy atom. The van der Waals surface area contributed by atoms with Gasteiger partial charge in [-0.15, -0.1) is 10.2 Å². The van der Waals surface area contributed by atoms with Crippen LogP contribution in [0.5, 0.6) is 0 Å². The van der Waals surface area contributed by atoms with Gasteiger partial charge in [-0.3, -0.25) is 9.59 Å². The molecule has 0 unspecified atom stereocenters. The number of nitrogens with one attached hydrogen (secondary N) is 1. The molecule has 2 amide bonds. The van der Waals surface area contributed by atoms with Crippen molar-refractivity contribution >= 4 is 11.8 Å². The predicted molar refractivity (Wildman–Crippen MR) is 104 cm³/mol. The molecule has 178 valence electrons. The summed E-state index contributed by atoms with van der Waals surface area (Å²) in [6.07, 6.45) is -1.38. The SMILES string of the molecule is CCC(F)(F)C(=O)N[C@@H]1CCCC[C@H]1N1Cc2c(F)cc(-c3nnc(C(F)F)o3)cc2C1=O. The zero-order valence-corrected chi connectivity index (χ0v) is 17.6. The number of alkyl halides is 4. The number of carbonyl (C=O) groups excluding carboxylic acids is 2. The van der Waals surface area contributed by atoms with Gasteiger partial charge < -0.3 is 14.6 Å². The van der Waals surface area contributed by atoms with E-state index in [4.69, 9.17) is 4.42 Å². The maximum atomic E-state index is 14.8. The van der Waals surface area contributed by atoms with E-state index in [1.165, 1.54) is 17.9 Å². The molecule has 0 saturated heterocycles. The molecule has 33 heavy (non-hydrogen) atoms. The van der Waals surface area contributed by atoms with E-state index in [9.17, 15) is 31.5 Å². The van der Waals surface area contributed by atoms with Gasteiger partial charge in [0.1, 0.15) is 5.82 Å². The van der Waals surface area contributed by atoms with Gasteiger partial charge in [0.2, 0.25) is 5.89 Å². The smallest absolute Gasteiger partial charge is 0.324 e. The van der Waals surface area contributed by atoms with Gasteiger partial charge in [0, 0.05) is 29.2 Å². The lowest BCUT2D eigenvalue weighted by Crippen LogP contribution is -2.56. The lowest BCUT2D eigenvalue weighted by atomic mass is 9.89. The van der Waals surface area contributed by atoms with Crippen LogP contribution in [0.4, 0.5) is 22.0 Å². The second-order valence-electron chi connectivity index (χ2n) is 8.15. The molecule has 0 radical (unpaired) electrons. The summed E-state index contributed by atoms with van der Waals surface area (Å²) < 4.78 is 72.7. The number of carbonyl (C=O) groups is 2. The van der Waals surface area contributed by atoms with E-state index in [0.717, 1.165) is 6.07 Å². The minimum atomic E-state index is -3.53. The van der Waals surface area contributed by atoms with Crippen LogP contribution >= 0.6 is 0 Å². The van der Waals surface area contributed by atoms with Gasteiger partial charge in [0.15, 0.2) is 0 Å². The Bertz CT molecular complexity index is 1070. The number of benzene rings is 1. The fraction of sp³-hybridized carbons (Fsp3) is 0.524. The first-order valence-electron chi connectivity index (χ1n) is 10.6. The zero-order chi connectivity index (χ0) is 23.9. The summed E-state index contributed by atoms with van der Waals surface area (Å²) >= 11 is 0. The third-order valence-electron chi connectivity index (χ3n) is 6.11. The first-order valence-corrected chi connectivity index (χ1v) is 10.6. The van der Waals surface area contributed by atoms with Crippen molar-refractivity contribution in [3.05, 3.63) is 35.0 Å². The van der Waals surface area contributed by atoms with Crippen molar-refractivity contribution in [3.8, 4) is 11.5 Å². The molecule has 2 aliphatic rings. The summed E-state index contributed by atoms with van der Waals surface area (Å²) in [7, 11) is 0. The van der Waals surface area contributed by atoms with E-state index in [-0.39, 0.29) is 29.1 Å². The molecule has 2 heterocycles. The van der Waals surface area contributed by atoms with Gasteiger partial charge in [0.25, 0.3) is 17.7 Å². The number of hydrogen-bond donors (Lipinski definition) is 1. The average Bonchev–Trinajstić information content (AvgIpc) is 3.40. The molecule has 1 saturated carbocycles. The Labute approximate surface area is 185 Å². The lowest BCUT2D eigenvalue weighted by molar-refractivity contribution is -0.147. The van der Waals surface area contributed by atoms with Gasteiger partial charge in [-0.05, 0) is 25.0 Å². The Kier molecular flexibility index (Phi) is 6.10. The molecule has 0 spiro atoms. The van der Waals surface area contributed by atoms with Crippen molar-refractivity contribution < 1.29 is 36.0 Å². The first-order chi connectivity index (χ1) is 15.6. The summed E-state index contributed by atoms with van der Waals surface area (Å²) in [5.41, 5.74) is 0.0557. The first kappa shape index (κ1) is 23.1. The molecule has 7 nitrogen and oxygen atoms in total. The summed E-state index contributed by atoms with van der Waals surface area (Å²) in [5, 5.41) is 9.05. The predicted octanol–water partition coefficient (Wildman–Crippen LogP) is 4.24. The lowest BCUT2D eigenvalue weighted by Gasteiger charge is -2.38. The van der Waals surface area contributed by atoms with Gasteiger partial charge in [-0.25, -0.2) is 4.39 Å². The highest BCUT2D eigenvalue weighted by Crippen LogP contribution is 2.35. The summed E-state index contributed by atoms with van der Waals surface area (Å²) in [6.45, 7) is 1.10. The largest absolute Gasteiger partial charge is 0.415 e. The fourth-order valence-corrected chi connectivity index (χ4v) is 4.30. The van der Waals surface area contributed by atoms with Gasteiger partial charge in [-0.1, -0.05) is 19.8 Å². The number of halogens is 5. The second kappa shape index (κ2) is 8.71. The van der Waals surface area contributed by atoms with E-state index in [1.54, 1.807) is 0 Å². The number of rotatable bonds is 6. The molecule has 1 fully saturated rings. The fourth-order valence-electron chi connectivity index (χ4n) is 4.30. The number of aromatic nitrogens is 2. The minimum Gasteiger partial charge on any atom is -0.415 e. The molecule has 4 rings (SSSR count). The third kappa shape index (κ3) is 4.30. The highest BCUT2D eigenvalue weighted by Gasteiger charge is 2.43. The molecular weight excluding hydrogens is 451 g/mol. The molecule has 1 aromatic carbocycles. The number of nitrogens with zero attached hydrogens (tertiary/aromatic N) is 3. The molecule has 1 aromatic heterocycles. The van der Waals surface area contributed by atoms with E-state index in [2.05, 4.69) is 15.5 Å². The Morgan fingerprint density at radius 3 is 2.67 bits per heavy atom. The van der Waals surface area contributed by atoms with Crippen LogP contribution in [0.1, 0.15) is 67.3 Å². The summed E-state index contributed by atoms with van der Waals surface area (Å²) in [4.78, 5) is 26.5. The van der Waals surface area contributed by atoms with Crippen LogP contribution in [0.25, 0.3) is 11.5 Å². The minimum absolute atomic E-state index is 0.00339. The summed E-state index contributed by atoms with van der Waals surface area (Å²) in [6, 6.07) is 1.01. The van der Waals surface area contributed by atoms with Crippen molar-refractivity contribution in [1.82, 2.24) is 20.4 Å². The van der Waals surface area contributed by atoms with Crippen LogP contribution in [0.2, 0.25) is 0 Å². The normalized spacial score (nSPS) is 20.9. The molecule has 12 heteroatoms. The third-order valence-corrected chi connectivity index (χ3v) is 6.11. The van der Waals surface area contributed by atoms with Crippen LogP contribution in [-0.4, -0.2) is 44.9 Å². The van der Waals surface area contributed by atoms with E-state index >= 15 is 0 Å². The van der Waals surface area contributed by atoms with Crippen molar-refractivity contribution in [2.45, 2.75) is 70.0 Å². The summed E-state index contributed by atoms with van der Waals surface area (Å²) in [5.74, 6) is -7.52. The molecular formula is C21H21F5N4O3. The van der Waals surface area contributed by atoms with Crippen LogP contribution in [0, 0.1) is 5.82 Å². The van der Waals surface area contributed by atoms with Crippen molar-refractivity contribution in [2.24, 2.45) is 0 Å². The topological polar surface area (TPSA) is 88.3 Å². The van der Waals surface area contributed by atoms with E-state index in [0.29, 0.717) is 25.7 Å². The van der Waals surface area contributed by atoms with Crippen LogP contribution in [0.15, 0.2) is 16.5 Å². The van der Waals surface area contributed by atoms with Gasteiger partial charge in [0.05, 0.1) is 12.6 Å². The van der Waals surface area contributed by atoms with Crippen LogP contribution in [-0.2, 0) is 11.3 Å². The molecule has 0 bridgehead atoms. The number of amides is 2. The number of hydrogen-bond acceptors (Lipinski definition) is 5. The van der Waals surface area contributed by atoms with E-state index < -0.39 is 54.4 Å². The zero-order valence-electron chi connectivity index (χ0n) is 17.6. The average molecular weight is 472 g/mol. The maximum absolute atomic E-state index is 14.8. The van der Waals surface area contributed by atoms with Gasteiger partial charge in [-0.2, -0.15) is 17.6 Å². The monoisotopic (exact) mass is 472 g/mol. The Hall–Kier alpha value is -3.05. The Morgan fingerprint density at radius 1 is 1.27 bits per heavy atom.